The number of aromatic nitrogens is 1. The number of ether oxygens (including phenoxy) is 1. The van der Waals surface area contributed by atoms with Crippen molar-refractivity contribution in [3.05, 3.63) is 83.7 Å². The standard InChI is InChI=1S/C22H24N2O2/c1-26-19-11-9-17(10-12-19)22-20-7-4-13-23(20)14-5-15-24(22)16-18-6-2-3-8-21(18)25/h2-4,6-13,22,25H,5,14-16H2,1H3. The molecule has 0 saturated heterocycles. The SMILES string of the molecule is COc1ccc(C2c3cccn3CCCN2Cc2ccccc2O)cc1. The summed E-state index contributed by atoms with van der Waals surface area (Å²) in [4.78, 5) is 2.45. The fraction of sp³-hybridized carbons (Fsp3) is 0.273. The van der Waals surface area contributed by atoms with Crippen LogP contribution in [0, 0.1) is 0 Å². The molecule has 0 aliphatic carbocycles. The average molecular weight is 348 g/mol. The van der Waals surface area contributed by atoms with Gasteiger partial charge in [-0.15, -0.1) is 0 Å². The molecule has 1 unspecified atom stereocenters. The molecule has 1 aromatic heterocycles. The van der Waals surface area contributed by atoms with Crippen LogP contribution in [0.5, 0.6) is 11.5 Å². The van der Waals surface area contributed by atoms with Gasteiger partial charge in [0.2, 0.25) is 0 Å². The zero-order chi connectivity index (χ0) is 17.9. The van der Waals surface area contributed by atoms with Crippen molar-refractivity contribution in [2.24, 2.45) is 0 Å². The highest BCUT2D eigenvalue weighted by Crippen LogP contribution is 2.34. The number of phenolic OH excluding ortho intramolecular Hbond substituents is 1. The van der Waals surface area contributed by atoms with Crippen molar-refractivity contribution in [3.63, 3.8) is 0 Å². The topological polar surface area (TPSA) is 37.6 Å². The summed E-state index contributed by atoms with van der Waals surface area (Å²) < 4.78 is 7.67. The van der Waals surface area contributed by atoms with E-state index in [1.807, 2.05) is 30.3 Å². The molecule has 0 amide bonds. The van der Waals surface area contributed by atoms with Crippen LogP contribution in [0.3, 0.4) is 0 Å². The lowest BCUT2D eigenvalue weighted by atomic mass is 10.0. The van der Waals surface area contributed by atoms with Crippen LogP contribution >= 0.6 is 0 Å². The Labute approximate surface area is 154 Å². The maximum Gasteiger partial charge on any atom is 0.120 e. The summed E-state index contributed by atoms with van der Waals surface area (Å²) in [6.45, 7) is 2.72. The van der Waals surface area contributed by atoms with E-state index in [0.717, 1.165) is 30.8 Å². The Bertz CT molecular complexity index is 870. The molecule has 2 heterocycles. The lowest BCUT2D eigenvalue weighted by molar-refractivity contribution is 0.217. The summed E-state index contributed by atoms with van der Waals surface area (Å²) in [5.74, 6) is 1.23. The number of aromatic hydroxyl groups is 1. The van der Waals surface area contributed by atoms with Crippen molar-refractivity contribution in [3.8, 4) is 11.5 Å². The van der Waals surface area contributed by atoms with Crippen LogP contribution in [-0.4, -0.2) is 28.2 Å². The number of rotatable bonds is 4. The van der Waals surface area contributed by atoms with Gasteiger partial charge in [-0.1, -0.05) is 30.3 Å². The predicted octanol–water partition coefficient (Wildman–Crippen LogP) is 4.20. The number of phenols is 1. The number of para-hydroxylation sites is 1. The largest absolute Gasteiger partial charge is 0.508 e. The average Bonchev–Trinajstić information content (AvgIpc) is 3.05. The van der Waals surface area contributed by atoms with E-state index in [0.29, 0.717) is 12.3 Å². The first-order valence-corrected chi connectivity index (χ1v) is 9.06. The zero-order valence-corrected chi connectivity index (χ0v) is 15.0. The van der Waals surface area contributed by atoms with Gasteiger partial charge in [0.1, 0.15) is 11.5 Å². The number of fused-ring (bicyclic) bond motifs is 1. The molecule has 0 spiro atoms. The third-order valence-corrected chi connectivity index (χ3v) is 5.15. The fourth-order valence-electron chi connectivity index (χ4n) is 3.84. The van der Waals surface area contributed by atoms with E-state index in [2.05, 4.69) is 39.9 Å². The van der Waals surface area contributed by atoms with Crippen LogP contribution in [0.2, 0.25) is 0 Å². The Morgan fingerprint density at radius 2 is 1.81 bits per heavy atom. The van der Waals surface area contributed by atoms with Gasteiger partial charge in [-0.2, -0.15) is 0 Å². The van der Waals surface area contributed by atoms with Crippen LogP contribution < -0.4 is 4.74 Å². The number of benzene rings is 2. The molecule has 134 valence electrons. The maximum absolute atomic E-state index is 10.2. The molecule has 0 radical (unpaired) electrons. The van der Waals surface area contributed by atoms with Gasteiger partial charge in [0.15, 0.2) is 0 Å². The second-order valence-corrected chi connectivity index (χ2v) is 6.75. The highest BCUT2D eigenvalue weighted by Gasteiger charge is 2.27. The molecule has 1 N–H and O–H groups in total. The summed E-state index contributed by atoms with van der Waals surface area (Å²) in [5, 5.41) is 10.2. The van der Waals surface area contributed by atoms with E-state index in [1.54, 1.807) is 13.2 Å². The Morgan fingerprint density at radius 1 is 1.00 bits per heavy atom. The Morgan fingerprint density at radius 3 is 2.58 bits per heavy atom. The van der Waals surface area contributed by atoms with Crippen molar-refractivity contribution < 1.29 is 9.84 Å². The third-order valence-electron chi connectivity index (χ3n) is 5.15. The van der Waals surface area contributed by atoms with Gasteiger partial charge in [0.05, 0.1) is 13.2 Å². The monoisotopic (exact) mass is 348 g/mol. The number of hydrogen-bond donors (Lipinski definition) is 1. The van der Waals surface area contributed by atoms with Gasteiger partial charge in [0.25, 0.3) is 0 Å². The second-order valence-electron chi connectivity index (χ2n) is 6.75. The molecule has 4 heteroatoms. The Kier molecular flexibility index (Phi) is 4.67. The molecule has 3 aromatic rings. The highest BCUT2D eigenvalue weighted by atomic mass is 16.5. The van der Waals surface area contributed by atoms with Gasteiger partial charge in [0, 0.05) is 37.1 Å². The van der Waals surface area contributed by atoms with E-state index < -0.39 is 0 Å². The quantitative estimate of drug-likeness (QED) is 0.768. The minimum Gasteiger partial charge on any atom is -0.508 e. The first kappa shape index (κ1) is 16.7. The smallest absolute Gasteiger partial charge is 0.120 e. The number of aryl methyl sites for hydroxylation is 1. The molecule has 2 aromatic carbocycles. The molecule has 4 nitrogen and oxygen atoms in total. The fourth-order valence-corrected chi connectivity index (χ4v) is 3.84. The van der Waals surface area contributed by atoms with E-state index in [1.165, 1.54) is 11.3 Å². The summed E-state index contributed by atoms with van der Waals surface area (Å²) in [6.07, 6.45) is 3.25. The number of hydrogen-bond acceptors (Lipinski definition) is 3. The van der Waals surface area contributed by atoms with Crippen LogP contribution in [0.15, 0.2) is 66.9 Å². The summed E-state index contributed by atoms with van der Waals surface area (Å²) in [7, 11) is 1.69. The van der Waals surface area contributed by atoms with E-state index >= 15 is 0 Å². The minimum absolute atomic E-state index is 0.151. The molecule has 0 saturated carbocycles. The first-order chi connectivity index (χ1) is 12.8. The molecule has 1 atom stereocenters. The van der Waals surface area contributed by atoms with Gasteiger partial charge in [-0.25, -0.2) is 0 Å². The Hall–Kier alpha value is -2.72. The van der Waals surface area contributed by atoms with E-state index in [-0.39, 0.29) is 6.04 Å². The maximum atomic E-state index is 10.2. The van der Waals surface area contributed by atoms with Crippen molar-refractivity contribution in [1.29, 1.82) is 0 Å². The molecular formula is C22H24N2O2. The number of nitrogens with zero attached hydrogens (tertiary/aromatic N) is 2. The summed E-state index contributed by atoms with van der Waals surface area (Å²) in [6, 6.07) is 20.4. The van der Waals surface area contributed by atoms with Gasteiger partial charge < -0.3 is 14.4 Å². The van der Waals surface area contributed by atoms with Crippen LogP contribution in [0.4, 0.5) is 0 Å². The highest BCUT2D eigenvalue weighted by molar-refractivity contribution is 5.36. The van der Waals surface area contributed by atoms with Gasteiger partial charge in [-0.05, 0) is 42.3 Å². The third kappa shape index (κ3) is 3.20. The second kappa shape index (κ2) is 7.26. The lowest BCUT2D eigenvalue weighted by Gasteiger charge is -2.31. The van der Waals surface area contributed by atoms with Crippen LogP contribution in [-0.2, 0) is 13.1 Å². The predicted molar refractivity (Wildman–Crippen MR) is 102 cm³/mol. The summed E-state index contributed by atoms with van der Waals surface area (Å²) in [5.41, 5.74) is 3.50. The van der Waals surface area contributed by atoms with Crippen molar-refractivity contribution in [2.75, 3.05) is 13.7 Å². The molecule has 1 aliphatic heterocycles. The van der Waals surface area contributed by atoms with Crippen LogP contribution in [0.25, 0.3) is 0 Å². The van der Waals surface area contributed by atoms with Gasteiger partial charge in [-0.3, -0.25) is 4.90 Å². The number of methoxy groups -OCH3 is 1. The lowest BCUT2D eigenvalue weighted by Crippen LogP contribution is -2.29. The molecule has 26 heavy (non-hydrogen) atoms. The van der Waals surface area contributed by atoms with Crippen molar-refractivity contribution in [2.45, 2.75) is 25.6 Å². The zero-order valence-electron chi connectivity index (χ0n) is 15.0. The molecular weight excluding hydrogens is 324 g/mol. The molecule has 0 bridgehead atoms. The van der Waals surface area contributed by atoms with Gasteiger partial charge >= 0.3 is 0 Å². The van der Waals surface area contributed by atoms with E-state index in [9.17, 15) is 5.11 Å². The Balaban J connectivity index is 1.74. The van der Waals surface area contributed by atoms with E-state index in [4.69, 9.17) is 4.74 Å². The molecule has 0 fully saturated rings. The van der Waals surface area contributed by atoms with Crippen molar-refractivity contribution in [1.82, 2.24) is 9.47 Å². The summed E-state index contributed by atoms with van der Waals surface area (Å²) >= 11 is 0. The van der Waals surface area contributed by atoms with Crippen LogP contribution in [0.1, 0.15) is 29.3 Å². The molecule has 4 rings (SSSR count). The molecule has 1 aliphatic rings. The van der Waals surface area contributed by atoms with Crippen molar-refractivity contribution >= 4 is 0 Å². The first-order valence-electron chi connectivity index (χ1n) is 9.06. The normalized spacial score (nSPS) is 17.5. The minimum atomic E-state index is 0.151.